The SMILES string of the molecule is CCCN(OCC)C(=O)C1=Cc2ncc(C(=O)N3CCC(/C=N/C(=O)OCCOCCOCCOCCOCCOCCOCCOCCOCCOCCOCCNC(=O)CN4C(=O)C=CC4=O)C3)cc2N=C(N)C1. The van der Waals surface area contributed by atoms with Gasteiger partial charge in [0.1, 0.15) is 19.0 Å². The molecule has 0 aliphatic carbocycles. The lowest BCUT2D eigenvalue weighted by molar-refractivity contribution is -0.180. The number of hydroxylamine groups is 2. The largest absolute Gasteiger partial charge is 0.445 e. The van der Waals surface area contributed by atoms with Crippen molar-refractivity contribution in [2.75, 3.05) is 178 Å². The van der Waals surface area contributed by atoms with Crippen LogP contribution in [-0.4, -0.2) is 246 Å². The normalized spacial score (nSPS) is 15.3. The van der Waals surface area contributed by atoms with Gasteiger partial charge in [0, 0.05) is 68.7 Å². The average Bonchev–Trinajstić information content (AvgIpc) is 3.97. The molecular formula is C50H76N8O18. The summed E-state index contributed by atoms with van der Waals surface area (Å²) in [5, 5.41) is 3.91. The number of amidine groups is 1. The van der Waals surface area contributed by atoms with Crippen LogP contribution in [0.1, 0.15) is 49.2 Å². The predicted molar refractivity (Wildman–Crippen MR) is 273 cm³/mol. The second-order valence-electron chi connectivity index (χ2n) is 16.7. The number of amides is 6. The van der Waals surface area contributed by atoms with E-state index in [4.69, 9.17) is 62.7 Å². The van der Waals surface area contributed by atoms with E-state index in [1.54, 1.807) is 17.0 Å². The van der Waals surface area contributed by atoms with E-state index < -0.39 is 23.8 Å². The van der Waals surface area contributed by atoms with E-state index in [1.807, 2.05) is 13.8 Å². The van der Waals surface area contributed by atoms with Gasteiger partial charge in [0.05, 0.1) is 156 Å². The number of fused-ring (bicyclic) bond motifs is 1. The number of nitrogens with zero attached hydrogens (tertiary/aromatic N) is 6. The molecule has 4 heterocycles. The zero-order chi connectivity index (χ0) is 54.4. The molecule has 1 aromatic heterocycles. The van der Waals surface area contributed by atoms with Gasteiger partial charge in [0.25, 0.3) is 23.6 Å². The number of ether oxygens (including phenoxy) is 11. The maximum Gasteiger partial charge on any atom is 0.433 e. The molecular weight excluding hydrogens is 1000 g/mol. The Morgan fingerprint density at radius 3 is 1.74 bits per heavy atom. The minimum atomic E-state index is -0.741. The molecule has 3 aliphatic rings. The molecule has 1 fully saturated rings. The molecule has 1 atom stereocenters. The van der Waals surface area contributed by atoms with Crippen molar-refractivity contribution in [3.05, 3.63) is 41.2 Å². The van der Waals surface area contributed by atoms with E-state index in [1.165, 1.54) is 17.5 Å². The highest BCUT2D eigenvalue weighted by Gasteiger charge is 2.29. The standard InChI is InChI=1S/C50H76N8O18/c1-3-9-58(76-4-2)49(63)40-32-42-43(55-44(51)34-40)33-41(36-53-42)48(62)56-10-7-39(37-56)35-54-50(64)75-31-30-74-29-28-73-27-26-72-25-24-71-23-22-70-21-20-69-19-18-68-17-16-67-15-14-66-13-12-65-11-8-52-45(59)38-57-46(60)5-6-47(57)61/h5-6,32-33,35-36,39H,3-4,7-31,34,37-38H2,1-2H3,(H2,51,55)(H,52,59)/b54-35+. The van der Waals surface area contributed by atoms with Crippen LogP contribution in [0.15, 0.2) is 40.0 Å². The molecule has 1 saturated heterocycles. The van der Waals surface area contributed by atoms with Crippen LogP contribution in [0.2, 0.25) is 0 Å². The minimum Gasteiger partial charge on any atom is -0.445 e. The summed E-state index contributed by atoms with van der Waals surface area (Å²) in [5.74, 6) is -1.90. The molecule has 6 amide bonds. The van der Waals surface area contributed by atoms with Gasteiger partial charge in [0.15, 0.2) is 0 Å². The highest BCUT2D eigenvalue weighted by molar-refractivity contribution is 6.14. The fourth-order valence-corrected chi connectivity index (χ4v) is 7.07. The van der Waals surface area contributed by atoms with E-state index in [0.717, 1.165) is 23.5 Å². The van der Waals surface area contributed by atoms with Crippen molar-refractivity contribution in [3.63, 3.8) is 0 Å². The van der Waals surface area contributed by atoms with Crippen LogP contribution < -0.4 is 11.1 Å². The number of pyridine rings is 1. The summed E-state index contributed by atoms with van der Waals surface area (Å²) in [6.45, 7) is 13.1. The maximum absolute atomic E-state index is 13.4. The van der Waals surface area contributed by atoms with Gasteiger partial charge in [0.2, 0.25) is 5.91 Å². The van der Waals surface area contributed by atoms with E-state index in [2.05, 4.69) is 20.3 Å². The second kappa shape index (κ2) is 38.8. The Hall–Kier alpha value is -5.65. The van der Waals surface area contributed by atoms with Crippen LogP contribution in [0.3, 0.4) is 0 Å². The molecule has 26 heteroatoms. The lowest BCUT2D eigenvalue weighted by Crippen LogP contribution is -2.41. The summed E-state index contributed by atoms with van der Waals surface area (Å²) in [6, 6.07) is 1.62. The Kier molecular flexibility index (Phi) is 32.1. The zero-order valence-electron chi connectivity index (χ0n) is 43.9. The van der Waals surface area contributed by atoms with E-state index >= 15 is 0 Å². The van der Waals surface area contributed by atoms with E-state index in [9.17, 15) is 28.8 Å². The number of nitrogens with two attached hydrogens (primary N) is 1. The maximum atomic E-state index is 13.4. The third-order valence-electron chi connectivity index (χ3n) is 10.8. The van der Waals surface area contributed by atoms with Crippen molar-refractivity contribution in [2.45, 2.75) is 33.1 Å². The second-order valence-corrected chi connectivity index (χ2v) is 16.7. The van der Waals surface area contributed by atoms with E-state index in [-0.39, 0.29) is 62.9 Å². The third-order valence-corrected chi connectivity index (χ3v) is 10.8. The number of imide groups is 1. The lowest BCUT2D eigenvalue weighted by Gasteiger charge is -2.21. The molecule has 0 bridgehead atoms. The van der Waals surface area contributed by atoms with Gasteiger partial charge in [-0.25, -0.2) is 14.9 Å². The molecule has 26 nitrogen and oxygen atoms in total. The first-order valence-electron chi connectivity index (χ1n) is 25.7. The summed E-state index contributed by atoms with van der Waals surface area (Å²) in [7, 11) is 0. The van der Waals surface area contributed by atoms with Crippen LogP contribution in [-0.2, 0) is 76.1 Å². The number of likely N-dealkylation sites (tertiary alicyclic amines) is 1. The Morgan fingerprint density at radius 1 is 0.737 bits per heavy atom. The molecule has 76 heavy (non-hydrogen) atoms. The first-order valence-corrected chi connectivity index (χ1v) is 25.7. The molecule has 1 unspecified atom stereocenters. The average molecular weight is 1080 g/mol. The van der Waals surface area contributed by atoms with Crippen LogP contribution in [0.5, 0.6) is 0 Å². The number of hydrogen-bond donors (Lipinski definition) is 2. The summed E-state index contributed by atoms with van der Waals surface area (Å²) in [5.41, 5.74) is 7.71. The van der Waals surface area contributed by atoms with Crippen molar-refractivity contribution < 1.29 is 85.7 Å². The summed E-state index contributed by atoms with van der Waals surface area (Å²) in [4.78, 5) is 94.3. The Morgan fingerprint density at radius 2 is 1.24 bits per heavy atom. The number of carbonyl (C=O) groups excluding carboxylic acids is 6. The minimum absolute atomic E-state index is 0.0282. The Labute approximate surface area is 443 Å². The molecule has 0 aromatic carbocycles. The molecule has 4 rings (SSSR count). The third kappa shape index (κ3) is 25.9. The van der Waals surface area contributed by atoms with Gasteiger partial charge >= 0.3 is 6.09 Å². The molecule has 3 N–H and O–H groups in total. The summed E-state index contributed by atoms with van der Waals surface area (Å²) < 4.78 is 59.8. The predicted octanol–water partition coefficient (Wildman–Crippen LogP) is 0.924. The number of aromatic nitrogens is 1. The van der Waals surface area contributed by atoms with Gasteiger partial charge < -0.3 is 68.1 Å². The monoisotopic (exact) mass is 1080 g/mol. The topological polar surface area (TPSA) is 299 Å². The van der Waals surface area contributed by atoms with Crippen LogP contribution in [0.4, 0.5) is 10.5 Å². The van der Waals surface area contributed by atoms with Crippen molar-refractivity contribution in [1.29, 1.82) is 0 Å². The van der Waals surface area contributed by atoms with Crippen LogP contribution >= 0.6 is 0 Å². The van der Waals surface area contributed by atoms with Gasteiger partial charge in [-0.3, -0.25) is 38.7 Å². The molecule has 0 saturated carbocycles. The first kappa shape index (κ1) is 62.9. The zero-order valence-corrected chi connectivity index (χ0v) is 43.9. The fraction of sp³-hybridized carbons (Fsp3) is 0.660. The number of rotatable bonds is 42. The first-order chi connectivity index (χ1) is 37.1. The summed E-state index contributed by atoms with van der Waals surface area (Å²) >= 11 is 0. The lowest BCUT2D eigenvalue weighted by atomic mass is 10.1. The number of aliphatic imine (C=N–C) groups is 2. The van der Waals surface area contributed by atoms with Gasteiger partial charge in [-0.15, -0.1) is 0 Å². The Bertz CT molecular complexity index is 2030. The highest BCUT2D eigenvalue weighted by atomic mass is 16.7. The number of carbonyl (C=O) groups is 6. The van der Waals surface area contributed by atoms with Gasteiger partial charge in [-0.05, 0) is 31.9 Å². The smallest absolute Gasteiger partial charge is 0.433 e. The van der Waals surface area contributed by atoms with Gasteiger partial charge in [-0.2, -0.15) is 4.99 Å². The molecule has 0 radical (unpaired) electrons. The van der Waals surface area contributed by atoms with Crippen LogP contribution in [0.25, 0.3) is 6.08 Å². The van der Waals surface area contributed by atoms with E-state index in [0.29, 0.717) is 174 Å². The van der Waals surface area contributed by atoms with Crippen molar-refractivity contribution in [3.8, 4) is 0 Å². The van der Waals surface area contributed by atoms with Crippen LogP contribution in [0, 0.1) is 5.92 Å². The number of hydrogen-bond acceptors (Lipinski definition) is 21. The van der Waals surface area contributed by atoms with Gasteiger partial charge in [-0.1, -0.05) is 6.92 Å². The fourth-order valence-electron chi connectivity index (χ4n) is 7.07. The molecule has 424 valence electrons. The quantitative estimate of drug-likeness (QED) is 0.0398. The van der Waals surface area contributed by atoms with Crippen molar-refractivity contribution in [2.24, 2.45) is 21.6 Å². The summed E-state index contributed by atoms with van der Waals surface area (Å²) in [6.07, 6.45) is 7.58. The number of nitrogens with one attached hydrogen (secondary N) is 1. The molecule has 1 aromatic rings. The molecule has 3 aliphatic heterocycles. The highest BCUT2D eigenvalue weighted by Crippen LogP contribution is 2.28. The molecule has 0 spiro atoms. The Balaban J connectivity index is 0.846. The van der Waals surface area contributed by atoms with Crippen molar-refractivity contribution in [1.82, 2.24) is 25.2 Å². The van der Waals surface area contributed by atoms with Crippen molar-refractivity contribution >= 4 is 59.4 Å².